The molecule has 2 aromatic carbocycles. The molecule has 1 aliphatic rings. The summed E-state index contributed by atoms with van der Waals surface area (Å²) in [6, 6.07) is 9.56. The Hall–Kier alpha value is -3.28. The summed E-state index contributed by atoms with van der Waals surface area (Å²) in [5.41, 5.74) is 0.190. The van der Waals surface area contributed by atoms with Gasteiger partial charge in [-0.15, -0.1) is 0 Å². The normalized spacial score (nSPS) is 15.2. The number of amides is 1. The predicted molar refractivity (Wildman–Crippen MR) is 107 cm³/mol. The zero-order chi connectivity index (χ0) is 21.7. The Morgan fingerprint density at radius 3 is 2.53 bits per heavy atom. The zero-order valence-corrected chi connectivity index (χ0v) is 16.5. The van der Waals surface area contributed by atoms with Crippen LogP contribution in [0.2, 0.25) is 0 Å². The maximum atomic E-state index is 12.8. The highest BCUT2D eigenvalue weighted by Crippen LogP contribution is 2.21. The Morgan fingerprint density at radius 2 is 1.87 bits per heavy atom. The molecule has 1 saturated heterocycles. The fourth-order valence-electron chi connectivity index (χ4n) is 2.92. The summed E-state index contributed by atoms with van der Waals surface area (Å²) in [7, 11) is -3.78. The zero-order valence-electron chi connectivity index (χ0n) is 15.7. The predicted octanol–water partition coefficient (Wildman–Crippen LogP) is 1.47. The van der Waals surface area contributed by atoms with Crippen LogP contribution >= 0.6 is 0 Å². The van der Waals surface area contributed by atoms with Gasteiger partial charge in [-0.1, -0.05) is 17.3 Å². The van der Waals surface area contributed by atoms with Crippen molar-refractivity contribution in [1.82, 2.24) is 4.31 Å². The Kier molecular flexibility index (Phi) is 6.45. The van der Waals surface area contributed by atoms with E-state index in [1.165, 1.54) is 46.8 Å². The van der Waals surface area contributed by atoms with Gasteiger partial charge in [0.05, 0.1) is 35.6 Å². The minimum Gasteiger partial charge on any atom is -0.478 e. The van der Waals surface area contributed by atoms with Crippen LogP contribution in [0.3, 0.4) is 0 Å². The number of carbonyl (C=O) groups is 2. The second kappa shape index (κ2) is 9.03. The van der Waals surface area contributed by atoms with Gasteiger partial charge >= 0.3 is 5.97 Å². The Labute approximate surface area is 172 Å². The number of nitrogens with zero attached hydrogens (tertiary/aromatic N) is 2. The molecule has 0 unspecified atom stereocenters. The van der Waals surface area contributed by atoms with Crippen molar-refractivity contribution < 1.29 is 33.1 Å². The fourth-order valence-corrected chi connectivity index (χ4v) is 4.38. The summed E-state index contributed by atoms with van der Waals surface area (Å²) in [5, 5.41) is 23.3. The molecule has 158 valence electrons. The average Bonchev–Trinajstić information content (AvgIpc) is 2.75. The number of oxime groups is 1. The third kappa shape index (κ3) is 4.64. The van der Waals surface area contributed by atoms with Crippen LogP contribution in [0, 0.1) is 0 Å². The number of benzene rings is 2. The van der Waals surface area contributed by atoms with Gasteiger partial charge in [0, 0.05) is 18.7 Å². The lowest BCUT2D eigenvalue weighted by molar-refractivity contribution is 0.0698. The summed E-state index contributed by atoms with van der Waals surface area (Å²) < 4.78 is 32.0. The van der Waals surface area contributed by atoms with Crippen LogP contribution in [0.15, 0.2) is 52.5 Å². The van der Waals surface area contributed by atoms with Crippen molar-refractivity contribution >= 4 is 33.8 Å². The van der Waals surface area contributed by atoms with Crippen LogP contribution in [0.25, 0.3) is 0 Å². The SMILES string of the molecule is O=C(Nc1ccc(C=NO)cc1C(=O)O)c1cccc(S(=O)(=O)N2CCOCC2)c1. The van der Waals surface area contributed by atoms with E-state index in [-0.39, 0.29) is 34.8 Å². The lowest BCUT2D eigenvalue weighted by Gasteiger charge is -2.26. The summed E-state index contributed by atoms with van der Waals surface area (Å²) in [6.45, 7) is 1.05. The fraction of sp³-hybridized carbons (Fsp3) is 0.211. The number of carboxylic acid groups (broad SMARTS) is 1. The molecule has 0 aliphatic carbocycles. The van der Waals surface area contributed by atoms with Gasteiger partial charge in [0.15, 0.2) is 0 Å². The van der Waals surface area contributed by atoms with Crippen LogP contribution in [-0.4, -0.2) is 67.4 Å². The van der Waals surface area contributed by atoms with Gasteiger partial charge in [0.2, 0.25) is 10.0 Å². The first-order valence-corrected chi connectivity index (χ1v) is 10.3. The Balaban J connectivity index is 1.86. The van der Waals surface area contributed by atoms with Crippen LogP contribution in [0.5, 0.6) is 0 Å². The molecular weight excluding hydrogens is 414 g/mol. The van der Waals surface area contributed by atoms with E-state index in [9.17, 15) is 23.1 Å². The Morgan fingerprint density at radius 1 is 1.13 bits per heavy atom. The smallest absolute Gasteiger partial charge is 0.337 e. The summed E-state index contributed by atoms with van der Waals surface area (Å²) in [5.74, 6) is -1.96. The molecule has 0 spiro atoms. The van der Waals surface area contributed by atoms with Gasteiger partial charge in [0.25, 0.3) is 5.91 Å². The molecule has 0 aromatic heterocycles. The molecule has 1 aliphatic heterocycles. The molecule has 11 heteroatoms. The van der Waals surface area contributed by atoms with Crippen molar-refractivity contribution in [2.75, 3.05) is 31.6 Å². The van der Waals surface area contributed by atoms with E-state index in [0.717, 1.165) is 6.21 Å². The van der Waals surface area contributed by atoms with Gasteiger partial charge in [0.1, 0.15) is 0 Å². The number of aromatic carboxylic acids is 1. The highest BCUT2D eigenvalue weighted by molar-refractivity contribution is 7.89. The molecule has 1 amide bonds. The molecule has 30 heavy (non-hydrogen) atoms. The first-order chi connectivity index (χ1) is 14.3. The lowest BCUT2D eigenvalue weighted by atomic mass is 10.1. The van der Waals surface area contributed by atoms with Crippen molar-refractivity contribution in [3.05, 3.63) is 59.2 Å². The number of morpholine rings is 1. The molecule has 3 rings (SSSR count). The second-order valence-corrected chi connectivity index (χ2v) is 8.29. The molecular formula is C19H19N3O7S. The number of carboxylic acids is 1. The minimum atomic E-state index is -3.78. The number of carbonyl (C=O) groups excluding carboxylic acids is 1. The van der Waals surface area contributed by atoms with Gasteiger partial charge in [-0.3, -0.25) is 4.79 Å². The van der Waals surface area contributed by atoms with E-state index < -0.39 is 21.9 Å². The van der Waals surface area contributed by atoms with Crippen molar-refractivity contribution in [3.63, 3.8) is 0 Å². The van der Waals surface area contributed by atoms with Crippen LogP contribution < -0.4 is 5.32 Å². The van der Waals surface area contributed by atoms with Crippen LogP contribution in [0.4, 0.5) is 5.69 Å². The quantitative estimate of drug-likeness (QED) is 0.355. The van der Waals surface area contributed by atoms with Crippen molar-refractivity contribution in [1.29, 1.82) is 0 Å². The van der Waals surface area contributed by atoms with E-state index in [4.69, 9.17) is 9.94 Å². The number of ether oxygens (including phenoxy) is 1. The highest BCUT2D eigenvalue weighted by Gasteiger charge is 2.27. The number of sulfonamides is 1. The number of hydrogen-bond acceptors (Lipinski definition) is 7. The third-order valence-electron chi connectivity index (χ3n) is 4.43. The van der Waals surface area contributed by atoms with Gasteiger partial charge < -0.3 is 20.4 Å². The van der Waals surface area contributed by atoms with Crippen LogP contribution in [0.1, 0.15) is 26.3 Å². The first kappa shape index (κ1) is 21.4. The number of rotatable bonds is 6. The van der Waals surface area contributed by atoms with Crippen LogP contribution in [-0.2, 0) is 14.8 Å². The maximum absolute atomic E-state index is 12.8. The second-order valence-electron chi connectivity index (χ2n) is 6.35. The van der Waals surface area contributed by atoms with Gasteiger partial charge in [-0.05, 0) is 35.9 Å². The molecule has 0 radical (unpaired) electrons. The molecule has 2 aromatic rings. The molecule has 0 saturated carbocycles. The molecule has 3 N–H and O–H groups in total. The van der Waals surface area contributed by atoms with Gasteiger partial charge in [-0.25, -0.2) is 13.2 Å². The summed E-state index contributed by atoms with van der Waals surface area (Å²) >= 11 is 0. The standard InChI is InChI=1S/C19H19N3O7S/c23-18(21-17-5-4-13(12-20-26)10-16(17)19(24)25)14-2-1-3-15(11-14)30(27,28)22-6-8-29-9-7-22/h1-5,10-12,26H,6-9H2,(H,21,23)(H,24,25). The molecule has 0 bridgehead atoms. The average molecular weight is 433 g/mol. The van der Waals surface area contributed by atoms with E-state index >= 15 is 0 Å². The maximum Gasteiger partial charge on any atom is 0.337 e. The molecule has 1 heterocycles. The van der Waals surface area contributed by atoms with E-state index in [2.05, 4.69) is 10.5 Å². The number of anilines is 1. The number of hydrogen-bond donors (Lipinski definition) is 3. The van der Waals surface area contributed by atoms with Crippen molar-refractivity contribution in [2.45, 2.75) is 4.90 Å². The molecule has 1 fully saturated rings. The van der Waals surface area contributed by atoms with E-state index in [1.807, 2.05) is 0 Å². The highest BCUT2D eigenvalue weighted by atomic mass is 32.2. The van der Waals surface area contributed by atoms with E-state index in [0.29, 0.717) is 18.8 Å². The van der Waals surface area contributed by atoms with Crippen molar-refractivity contribution in [3.8, 4) is 0 Å². The van der Waals surface area contributed by atoms with Crippen molar-refractivity contribution in [2.24, 2.45) is 5.16 Å². The number of nitrogens with one attached hydrogen (secondary N) is 1. The van der Waals surface area contributed by atoms with Gasteiger partial charge in [-0.2, -0.15) is 4.31 Å². The minimum absolute atomic E-state index is 0.0176. The largest absolute Gasteiger partial charge is 0.478 e. The Bertz CT molecular complexity index is 1090. The first-order valence-electron chi connectivity index (χ1n) is 8.87. The molecule has 10 nitrogen and oxygen atoms in total. The topological polar surface area (TPSA) is 146 Å². The lowest BCUT2D eigenvalue weighted by Crippen LogP contribution is -2.40. The summed E-state index contributed by atoms with van der Waals surface area (Å²) in [4.78, 5) is 24.1. The van der Waals surface area contributed by atoms with E-state index in [1.54, 1.807) is 0 Å². The summed E-state index contributed by atoms with van der Waals surface area (Å²) in [6.07, 6.45) is 1.05. The molecule has 0 atom stereocenters. The monoisotopic (exact) mass is 433 g/mol. The third-order valence-corrected chi connectivity index (χ3v) is 6.33.